The van der Waals surface area contributed by atoms with Crippen LogP contribution in [0.15, 0.2) is 6.33 Å². The molecule has 2 rings (SSSR count). The van der Waals surface area contributed by atoms with E-state index in [4.69, 9.17) is 0 Å². The van der Waals surface area contributed by atoms with Crippen LogP contribution in [0.3, 0.4) is 0 Å². The topological polar surface area (TPSA) is 47.8 Å². The maximum Gasteiger partial charge on any atom is 0.146 e. The standard InChI is InChI=1S/C12H19N3O/c1-12(6-4-3-5-7-12)10(16)8-11-13-9-14-15(11)2/h9H,3-8H2,1-2H3. The summed E-state index contributed by atoms with van der Waals surface area (Å²) < 4.78 is 1.68. The first-order valence-electron chi connectivity index (χ1n) is 5.98. The number of hydrogen-bond acceptors (Lipinski definition) is 3. The number of aromatic nitrogens is 3. The number of hydrogen-bond donors (Lipinski definition) is 0. The van der Waals surface area contributed by atoms with Crippen LogP contribution in [0.1, 0.15) is 44.9 Å². The Balaban J connectivity index is 2.05. The van der Waals surface area contributed by atoms with Crippen LogP contribution < -0.4 is 0 Å². The zero-order valence-corrected chi connectivity index (χ0v) is 10.1. The molecule has 1 heterocycles. The molecular weight excluding hydrogens is 202 g/mol. The highest BCUT2D eigenvalue weighted by molar-refractivity contribution is 5.85. The van der Waals surface area contributed by atoms with E-state index in [1.165, 1.54) is 25.6 Å². The first-order chi connectivity index (χ1) is 7.62. The number of carbonyl (C=O) groups excluding carboxylic acids is 1. The smallest absolute Gasteiger partial charge is 0.146 e. The number of ketones is 1. The van der Waals surface area contributed by atoms with Gasteiger partial charge in [-0.05, 0) is 12.8 Å². The minimum atomic E-state index is -0.121. The Bertz CT molecular complexity index is 377. The summed E-state index contributed by atoms with van der Waals surface area (Å²) in [6, 6.07) is 0. The highest BCUT2D eigenvalue weighted by Gasteiger charge is 2.34. The fraction of sp³-hybridized carbons (Fsp3) is 0.750. The lowest BCUT2D eigenvalue weighted by molar-refractivity contribution is -0.129. The molecule has 4 heteroatoms. The Hall–Kier alpha value is -1.19. The summed E-state index contributed by atoms with van der Waals surface area (Å²) >= 11 is 0. The molecule has 1 saturated carbocycles. The van der Waals surface area contributed by atoms with Gasteiger partial charge in [0.05, 0.1) is 6.42 Å². The van der Waals surface area contributed by atoms with Crippen molar-refractivity contribution < 1.29 is 4.79 Å². The van der Waals surface area contributed by atoms with Crippen molar-refractivity contribution >= 4 is 5.78 Å². The zero-order valence-electron chi connectivity index (χ0n) is 10.1. The van der Waals surface area contributed by atoms with Crippen molar-refractivity contribution in [3.63, 3.8) is 0 Å². The SMILES string of the molecule is Cn1ncnc1CC(=O)C1(C)CCCCC1. The predicted octanol–water partition coefficient (Wildman–Crippen LogP) is 1.90. The highest BCUT2D eigenvalue weighted by atomic mass is 16.1. The van der Waals surface area contributed by atoms with Crippen LogP contribution in [0, 0.1) is 5.41 Å². The molecule has 1 aromatic heterocycles. The molecule has 0 spiro atoms. The molecule has 0 atom stereocenters. The Kier molecular flexibility index (Phi) is 3.08. The first kappa shape index (κ1) is 11.3. The molecular formula is C12H19N3O. The fourth-order valence-electron chi connectivity index (χ4n) is 2.45. The molecule has 1 aliphatic carbocycles. The van der Waals surface area contributed by atoms with Gasteiger partial charge < -0.3 is 0 Å². The number of carbonyl (C=O) groups is 1. The van der Waals surface area contributed by atoms with E-state index in [0.29, 0.717) is 12.2 Å². The fourth-order valence-corrected chi connectivity index (χ4v) is 2.45. The largest absolute Gasteiger partial charge is 0.299 e. The van der Waals surface area contributed by atoms with E-state index < -0.39 is 0 Å². The van der Waals surface area contributed by atoms with E-state index in [9.17, 15) is 4.79 Å². The number of Topliss-reactive ketones (excluding diaryl/α,β-unsaturated/α-hetero) is 1. The molecule has 0 unspecified atom stereocenters. The molecule has 1 aliphatic rings. The molecule has 0 radical (unpaired) electrons. The van der Waals surface area contributed by atoms with Gasteiger partial charge in [0.15, 0.2) is 0 Å². The lowest BCUT2D eigenvalue weighted by Gasteiger charge is -2.31. The van der Waals surface area contributed by atoms with Crippen LogP contribution in [-0.4, -0.2) is 20.5 Å². The molecule has 0 bridgehead atoms. The Morgan fingerprint density at radius 3 is 2.69 bits per heavy atom. The van der Waals surface area contributed by atoms with Crippen LogP contribution in [0.25, 0.3) is 0 Å². The molecule has 88 valence electrons. The Morgan fingerprint density at radius 1 is 1.44 bits per heavy atom. The monoisotopic (exact) mass is 221 g/mol. The summed E-state index contributed by atoms with van der Waals surface area (Å²) in [5.41, 5.74) is -0.121. The number of aryl methyl sites for hydroxylation is 1. The summed E-state index contributed by atoms with van der Waals surface area (Å²) in [7, 11) is 1.83. The van der Waals surface area contributed by atoms with Crippen molar-refractivity contribution in [3.05, 3.63) is 12.2 Å². The Labute approximate surface area is 96.1 Å². The van der Waals surface area contributed by atoms with E-state index in [-0.39, 0.29) is 5.41 Å². The third-order valence-electron chi connectivity index (χ3n) is 3.75. The van der Waals surface area contributed by atoms with E-state index in [1.807, 2.05) is 7.05 Å². The summed E-state index contributed by atoms with van der Waals surface area (Å²) in [4.78, 5) is 16.4. The van der Waals surface area contributed by atoms with Crippen molar-refractivity contribution in [3.8, 4) is 0 Å². The van der Waals surface area contributed by atoms with Gasteiger partial charge >= 0.3 is 0 Å². The van der Waals surface area contributed by atoms with Crippen LogP contribution in [-0.2, 0) is 18.3 Å². The predicted molar refractivity (Wildman–Crippen MR) is 60.9 cm³/mol. The lowest BCUT2D eigenvalue weighted by Crippen LogP contribution is -2.32. The van der Waals surface area contributed by atoms with Crippen molar-refractivity contribution in [1.29, 1.82) is 0 Å². The van der Waals surface area contributed by atoms with Crippen LogP contribution in [0.5, 0.6) is 0 Å². The quantitative estimate of drug-likeness (QED) is 0.783. The lowest BCUT2D eigenvalue weighted by atomic mass is 9.72. The molecule has 0 aromatic carbocycles. The van der Waals surface area contributed by atoms with E-state index in [0.717, 1.165) is 18.7 Å². The van der Waals surface area contributed by atoms with Gasteiger partial charge in [0.25, 0.3) is 0 Å². The van der Waals surface area contributed by atoms with E-state index in [2.05, 4.69) is 17.0 Å². The van der Waals surface area contributed by atoms with Gasteiger partial charge in [-0.15, -0.1) is 0 Å². The van der Waals surface area contributed by atoms with Crippen molar-refractivity contribution in [2.75, 3.05) is 0 Å². The number of nitrogens with zero attached hydrogens (tertiary/aromatic N) is 3. The van der Waals surface area contributed by atoms with Gasteiger partial charge in [-0.25, -0.2) is 4.98 Å². The molecule has 0 amide bonds. The average Bonchev–Trinajstić information content (AvgIpc) is 2.65. The van der Waals surface area contributed by atoms with Crippen molar-refractivity contribution in [2.24, 2.45) is 12.5 Å². The normalized spacial score (nSPS) is 19.6. The summed E-state index contributed by atoms with van der Waals surface area (Å²) in [5, 5.41) is 3.99. The van der Waals surface area contributed by atoms with Gasteiger partial charge in [-0.2, -0.15) is 5.10 Å². The average molecular weight is 221 g/mol. The second-order valence-electron chi connectivity index (χ2n) is 5.02. The second kappa shape index (κ2) is 4.36. The van der Waals surface area contributed by atoms with Crippen molar-refractivity contribution in [1.82, 2.24) is 14.8 Å². The second-order valence-corrected chi connectivity index (χ2v) is 5.02. The molecule has 0 aliphatic heterocycles. The molecule has 1 aromatic rings. The van der Waals surface area contributed by atoms with Crippen molar-refractivity contribution in [2.45, 2.75) is 45.4 Å². The molecule has 0 saturated heterocycles. The van der Waals surface area contributed by atoms with Crippen LogP contribution in [0.2, 0.25) is 0 Å². The van der Waals surface area contributed by atoms with Gasteiger partial charge in [0, 0.05) is 12.5 Å². The van der Waals surface area contributed by atoms with Gasteiger partial charge in [-0.1, -0.05) is 26.2 Å². The minimum absolute atomic E-state index is 0.121. The van der Waals surface area contributed by atoms with E-state index in [1.54, 1.807) is 4.68 Å². The van der Waals surface area contributed by atoms with Gasteiger partial charge in [0.1, 0.15) is 17.9 Å². The maximum atomic E-state index is 12.3. The molecule has 16 heavy (non-hydrogen) atoms. The number of rotatable bonds is 3. The van der Waals surface area contributed by atoms with Crippen LogP contribution in [0.4, 0.5) is 0 Å². The zero-order chi connectivity index (χ0) is 11.6. The molecule has 1 fully saturated rings. The summed E-state index contributed by atoms with van der Waals surface area (Å²) in [6.45, 7) is 2.10. The Morgan fingerprint density at radius 2 is 2.12 bits per heavy atom. The molecule has 4 nitrogen and oxygen atoms in total. The maximum absolute atomic E-state index is 12.3. The summed E-state index contributed by atoms with van der Waals surface area (Å²) in [5.74, 6) is 1.10. The highest BCUT2D eigenvalue weighted by Crippen LogP contribution is 2.37. The van der Waals surface area contributed by atoms with E-state index >= 15 is 0 Å². The minimum Gasteiger partial charge on any atom is -0.299 e. The molecule has 0 N–H and O–H groups in total. The van der Waals surface area contributed by atoms with Gasteiger partial charge in [-0.3, -0.25) is 9.48 Å². The summed E-state index contributed by atoms with van der Waals surface area (Å²) in [6.07, 6.45) is 7.63. The first-order valence-corrected chi connectivity index (χ1v) is 5.98. The van der Waals surface area contributed by atoms with Crippen LogP contribution >= 0.6 is 0 Å². The third-order valence-corrected chi connectivity index (χ3v) is 3.75. The third kappa shape index (κ3) is 2.15. The van der Waals surface area contributed by atoms with Gasteiger partial charge in [0.2, 0.25) is 0 Å².